The lowest BCUT2D eigenvalue weighted by atomic mass is 10.1. The Labute approximate surface area is 191 Å². The number of ether oxygens (including phenoxy) is 1. The second-order valence-corrected chi connectivity index (χ2v) is 7.50. The van der Waals surface area contributed by atoms with Gasteiger partial charge >= 0.3 is 0 Å². The molecule has 2 heterocycles. The Kier molecular flexibility index (Phi) is 10.6. The van der Waals surface area contributed by atoms with Crippen LogP contribution in [0.2, 0.25) is 5.02 Å². The molecule has 3 rings (SSSR count). The van der Waals surface area contributed by atoms with Crippen LogP contribution in [0.1, 0.15) is 25.3 Å². The van der Waals surface area contributed by atoms with Crippen LogP contribution in [0.15, 0.2) is 40.9 Å². The molecule has 5 nitrogen and oxygen atoms in total. The van der Waals surface area contributed by atoms with Gasteiger partial charge < -0.3 is 15.0 Å². The molecule has 0 aliphatic carbocycles. The van der Waals surface area contributed by atoms with Crippen molar-refractivity contribution in [2.75, 3.05) is 52.5 Å². The molecule has 0 saturated carbocycles. The van der Waals surface area contributed by atoms with E-state index < -0.39 is 0 Å². The van der Waals surface area contributed by atoms with Crippen LogP contribution in [0.25, 0.3) is 0 Å². The van der Waals surface area contributed by atoms with Gasteiger partial charge in [-0.05, 0) is 37.5 Å². The number of nitrogens with one attached hydrogen (secondary N) is 1. The molecule has 1 aromatic rings. The summed E-state index contributed by atoms with van der Waals surface area (Å²) < 4.78 is 5.38. The molecule has 2 aliphatic rings. The second-order valence-electron chi connectivity index (χ2n) is 7.07. The summed E-state index contributed by atoms with van der Waals surface area (Å²) in [5.41, 5.74) is 2.76. The number of aliphatic imine (C=N–C) groups is 1. The van der Waals surface area contributed by atoms with Crippen LogP contribution in [-0.4, -0.2) is 68.2 Å². The number of hydrogen-bond acceptors (Lipinski definition) is 3. The highest BCUT2D eigenvalue weighted by Gasteiger charge is 2.19. The number of piperazine rings is 1. The zero-order chi connectivity index (χ0) is 18.9. The van der Waals surface area contributed by atoms with Crippen molar-refractivity contribution in [2.24, 2.45) is 4.99 Å². The quantitative estimate of drug-likeness (QED) is 0.269. The number of benzene rings is 1. The van der Waals surface area contributed by atoms with Crippen molar-refractivity contribution >= 4 is 41.5 Å². The third kappa shape index (κ3) is 7.54. The smallest absolute Gasteiger partial charge is 0.194 e. The van der Waals surface area contributed by atoms with Crippen molar-refractivity contribution in [3.63, 3.8) is 0 Å². The van der Waals surface area contributed by atoms with E-state index in [0.29, 0.717) is 0 Å². The summed E-state index contributed by atoms with van der Waals surface area (Å²) in [7, 11) is 0. The maximum absolute atomic E-state index is 6.10. The summed E-state index contributed by atoms with van der Waals surface area (Å²) in [5, 5.41) is 4.27. The first kappa shape index (κ1) is 23.4. The van der Waals surface area contributed by atoms with Gasteiger partial charge in [-0.3, -0.25) is 9.89 Å². The Hall–Kier alpha value is -0.830. The highest BCUT2D eigenvalue weighted by molar-refractivity contribution is 14.0. The maximum Gasteiger partial charge on any atom is 0.194 e. The standard InChI is InChI=1S/C21H31ClN4O.HI/c1-2-23-21(24-9-6-18-7-14-27-15-8-18)26-12-10-25(11-13-26)17-19-4-3-5-20(22)16-19;/h3-5,7,16H,2,6,8-15,17H2,1H3,(H,23,24);1H. The Morgan fingerprint density at radius 3 is 2.75 bits per heavy atom. The van der Waals surface area contributed by atoms with Crippen LogP contribution in [0, 0.1) is 0 Å². The van der Waals surface area contributed by atoms with E-state index in [4.69, 9.17) is 21.3 Å². The SMILES string of the molecule is CCNC(=NCCC1=CCOCC1)N1CCN(Cc2cccc(Cl)c2)CC1.I. The molecule has 0 atom stereocenters. The average Bonchev–Trinajstić information content (AvgIpc) is 2.69. The Morgan fingerprint density at radius 2 is 2.07 bits per heavy atom. The summed E-state index contributed by atoms with van der Waals surface area (Å²) in [6, 6.07) is 8.16. The van der Waals surface area contributed by atoms with E-state index in [1.165, 1.54) is 11.1 Å². The van der Waals surface area contributed by atoms with Crippen molar-refractivity contribution in [3.8, 4) is 0 Å². The predicted octanol–water partition coefficient (Wildman–Crippen LogP) is 3.78. The Morgan fingerprint density at radius 1 is 1.25 bits per heavy atom. The summed E-state index contributed by atoms with van der Waals surface area (Å²) >= 11 is 6.10. The number of nitrogens with zero attached hydrogens (tertiary/aromatic N) is 3. The fourth-order valence-electron chi connectivity index (χ4n) is 3.54. The lowest BCUT2D eigenvalue weighted by Gasteiger charge is -2.36. The zero-order valence-electron chi connectivity index (χ0n) is 16.7. The van der Waals surface area contributed by atoms with Gasteiger partial charge in [-0.1, -0.05) is 35.4 Å². The van der Waals surface area contributed by atoms with Crippen LogP contribution in [0.5, 0.6) is 0 Å². The second kappa shape index (κ2) is 12.7. The first-order valence-corrected chi connectivity index (χ1v) is 10.4. The molecule has 0 radical (unpaired) electrons. The molecule has 28 heavy (non-hydrogen) atoms. The van der Waals surface area contributed by atoms with E-state index >= 15 is 0 Å². The normalized spacial score (nSPS) is 18.4. The minimum Gasteiger partial charge on any atom is -0.377 e. The van der Waals surface area contributed by atoms with Crippen LogP contribution < -0.4 is 5.32 Å². The van der Waals surface area contributed by atoms with Gasteiger partial charge in [0.05, 0.1) is 13.2 Å². The lowest BCUT2D eigenvalue weighted by molar-refractivity contribution is 0.153. The molecule has 1 fully saturated rings. The van der Waals surface area contributed by atoms with Gasteiger partial charge in [0, 0.05) is 50.8 Å². The molecule has 0 unspecified atom stereocenters. The van der Waals surface area contributed by atoms with Gasteiger partial charge in [0.15, 0.2) is 5.96 Å². The minimum absolute atomic E-state index is 0. The van der Waals surface area contributed by atoms with E-state index in [1.807, 2.05) is 12.1 Å². The molecule has 0 aromatic heterocycles. The van der Waals surface area contributed by atoms with Crippen molar-refractivity contribution < 1.29 is 4.74 Å². The van der Waals surface area contributed by atoms with E-state index in [0.717, 1.165) is 82.9 Å². The van der Waals surface area contributed by atoms with Gasteiger partial charge in [-0.25, -0.2) is 0 Å². The fourth-order valence-corrected chi connectivity index (χ4v) is 3.75. The summed E-state index contributed by atoms with van der Waals surface area (Å²) in [5.74, 6) is 1.05. The molecular weight excluding hydrogens is 487 g/mol. The van der Waals surface area contributed by atoms with Gasteiger partial charge in [-0.2, -0.15) is 0 Å². The van der Waals surface area contributed by atoms with Crippen LogP contribution >= 0.6 is 35.6 Å². The van der Waals surface area contributed by atoms with Crippen LogP contribution in [0.3, 0.4) is 0 Å². The molecular formula is C21H32ClIN4O. The highest BCUT2D eigenvalue weighted by Crippen LogP contribution is 2.15. The zero-order valence-corrected chi connectivity index (χ0v) is 19.8. The minimum atomic E-state index is 0. The van der Waals surface area contributed by atoms with Gasteiger partial charge in [-0.15, -0.1) is 24.0 Å². The van der Waals surface area contributed by atoms with Crippen molar-refractivity contribution in [1.29, 1.82) is 0 Å². The van der Waals surface area contributed by atoms with Crippen LogP contribution in [-0.2, 0) is 11.3 Å². The van der Waals surface area contributed by atoms with E-state index in [1.54, 1.807) is 0 Å². The molecule has 2 aliphatic heterocycles. The van der Waals surface area contributed by atoms with Gasteiger partial charge in [0.1, 0.15) is 0 Å². The topological polar surface area (TPSA) is 40.1 Å². The number of guanidine groups is 1. The van der Waals surface area contributed by atoms with Gasteiger partial charge in [0.25, 0.3) is 0 Å². The first-order chi connectivity index (χ1) is 13.2. The molecule has 1 N–H and O–H groups in total. The molecule has 7 heteroatoms. The number of rotatable bonds is 6. The van der Waals surface area contributed by atoms with E-state index in [2.05, 4.69) is 40.2 Å². The molecule has 0 spiro atoms. The molecule has 1 saturated heterocycles. The Bertz CT molecular complexity index is 660. The highest BCUT2D eigenvalue weighted by atomic mass is 127. The van der Waals surface area contributed by atoms with Gasteiger partial charge in [0.2, 0.25) is 0 Å². The monoisotopic (exact) mass is 518 g/mol. The van der Waals surface area contributed by atoms with Crippen LogP contribution in [0.4, 0.5) is 0 Å². The fraction of sp³-hybridized carbons (Fsp3) is 0.571. The Balaban J connectivity index is 0.00000280. The molecule has 0 bridgehead atoms. The predicted molar refractivity (Wildman–Crippen MR) is 128 cm³/mol. The maximum atomic E-state index is 6.10. The van der Waals surface area contributed by atoms with E-state index in [-0.39, 0.29) is 24.0 Å². The summed E-state index contributed by atoms with van der Waals surface area (Å²) in [6.07, 6.45) is 4.29. The third-order valence-corrected chi connectivity index (χ3v) is 5.29. The van der Waals surface area contributed by atoms with Crippen molar-refractivity contribution in [1.82, 2.24) is 15.1 Å². The molecule has 1 aromatic carbocycles. The van der Waals surface area contributed by atoms with E-state index in [9.17, 15) is 0 Å². The summed E-state index contributed by atoms with van der Waals surface area (Å²) in [4.78, 5) is 9.74. The summed E-state index contributed by atoms with van der Waals surface area (Å²) in [6.45, 7) is 10.5. The van der Waals surface area contributed by atoms with Crippen molar-refractivity contribution in [2.45, 2.75) is 26.3 Å². The largest absolute Gasteiger partial charge is 0.377 e. The molecule has 156 valence electrons. The van der Waals surface area contributed by atoms with Crippen molar-refractivity contribution in [3.05, 3.63) is 46.5 Å². The average molecular weight is 519 g/mol. The number of hydrogen-bond donors (Lipinski definition) is 1. The lowest BCUT2D eigenvalue weighted by Crippen LogP contribution is -2.52. The number of halogens is 2. The first-order valence-electron chi connectivity index (χ1n) is 10.0. The molecule has 0 amide bonds. The third-order valence-electron chi connectivity index (χ3n) is 5.05.